The van der Waals surface area contributed by atoms with Crippen molar-refractivity contribution in [2.45, 2.75) is 31.6 Å². The normalized spacial score (nSPS) is 15.2. The number of nitrogens with one attached hydrogen (secondary N) is 2. The lowest BCUT2D eigenvalue weighted by Gasteiger charge is -2.18. The van der Waals surface area contributed by atoms with Crippen LogP contribution < -0.4 is 15.0 Å². The summed E-state index contributed by atoms with van der Waals surface area (Å²) in [6.45, 7) is 0.642. The highest BCUT2D eigenvalue weighted by molar-refractivity contribution is 6.19. The monoisotopic (exact) mass is 728 g/mol. The molecule has 0 saturated heterocycles. The molecule has 4 amide bonds. The highest BCUT2D eigenvalue weighted by atomic mass is 35.5. The van der Waals surface area contributed by atoms with Crippen molar-refractivity contribution in [1.29, 1.82) is 0 Å². The third-order valence-electron chi connectivity index (χ3n) is 9.71. The standard InChI is InChI=1S/C41H33ClN4O7/c42-22-26-23-46(41(51)31-19-25-18-27(13-14-30(25)44-31)43-40(50)35-20-24-8-3-6-11-33(24)52-35)32-21-34(28-9-4-5-10-29(28)39(26)32)53-38(49)12-2-1-7-17-45-36(47)15-16-37(45)48/h3-6,8-11,13-16,18-21,26,44H,1-2,7,12,17,22-23H2,(H,43,50)/t26-/m1/s1. The zero-order valence-corrected chi connectivity index (χ0v) is 29.2. The lowest BCUT2D eigenvalue weighted by molar-refractivity contribution is -0.137. The fourth-order valence-electron chi connectivity index (χ4n) is 7.11. The minimum Gasteiger partial charge on any atom is -0.451 e. The van der Waals surface area contributed by atoms with Crippen LogP contribution in [0.3, 0.4) is 0 Å². The number of hydrogen-bond acceptors (Lipinski definition) is 7. The molecule has 0 spiro atoms. The molecule has 2 aliphatic rings. The van der Waals surface area contributed by atoms with Crippen molar-refractivity contribution in [3.8, 4) is 5.75 Å². The number of fused-ring (bicyclic) bond motifs is 5. The SMILES string of the molecule is O=C(CCCCCN1C(=O)C=CC1=O)Oc1cc2c(c3ccccc13)[C@H](CCl)CN2C(=O)c1cc2cc(NC(=O)c3cc4ccccc4o3)ccc2[nH]1. The third-order valence-corrected chi connectivity index (χ3v) is 10.1. The predicted molar refractivity (Wildman–Crippen MR) is 202 cm³/mol. The minimum atomic E-state index is -0.423. The van der Waals surface area contributed by atoms with Gasteiger partial charge in [-0.3, -0.25) is 28.9 Å². The van der Waals surface area contributed by atoms with Gasteiger partial charge in [0, 0.05) is 76.9 Å². The zero-order valence-electron chi connectivity index (χ0n) is 28.4. The van der Waals surface area contributed by atoms with Gasteiger partial charge in [0.15, 0.2) is 5.76 Å². The third kappa shape index (κ3) is 6.55. The zero-order chi connectivity index (χ0) is 36.6. The van der Waals surface area contributed by atoms with Gasteiger partial charge in [0.05, 0.1) is 5.69 Å². The number of aromatic nitrogens is 1. The van der Waals surface area contributed by atoms with E-state index in [2.05, 4.69) is 10.3 Å². The molecule has 12 heteroatoms. The van der Waals surface area contributed by atoms with E-state index in [0.717, 1.165) is 27.1 Å². The molecule has 53 heavy (non-hydrogen) atoms. The molecule has 0 saturated carbocycles. The molecule has 4 aromatic carbocycles. The van der Waals surface area contributed by atoms with E-state index >= 15 is 0 Å². The van der Waals surface area contributed by atoms with Crippen molar-refractivity contribution < 1.29 is 33.1 Å². The molecule has 0 bridgehead atoms. The maximum Gasteiger partial charge on any atom is 0.311 e. The van der Waals surface area contributed by atoms with E-state index in [1.54, 1.807) is 47.4 Å². The average molecular weight is 729 g/mol. The van der Waals surface area contributed by atoms with Crippen LogP contribution in [0.5, 0.6) is 5.75 Å². The van der Waals surface area contributed by atoms with Gasteiger partial charge in [-0.25, -0.2) is 0 Å². The number of para-hydroxylation sites is 1. The summed E-state index contributed by atoms with van der Waals surface area (Å²) >= 11 is 6.49. The Balaban J connectivity index is 0.993. The van der Waals surface area contributed by atoms with Crippen LogP contribution in [0.2, 0.25) is 0 Å². The molecule has 0 fully saturated rings. The van der Waals surface area contributed by atoms with Crippen LogP contribution in [0, 0.1) is 0 Å². The number of H-pyrrole nitrogens is 1. The van der Waals surface area contributed by atoms with Crippen LogP contribution in [-0.2, 0) is 14.4 Å². The van der Waals surface area contributed by atoms with E-state index in [9.17, 15) is 24.0 Å². The summed E-state index contributed by atoms with van der Waals surface area (Å²) in [5.41, 5.74) is 3.76. The van der Waals surface area contributed by atoms with Crippen molar-refractivity contribution in [2.24, 2.45) is 0 Å². The summed E-state index contributed by atoms with van der Waals surface area (Å²) in [6, 6.07) is 25.5. The first-order valence-electron chi connectivity index (χ1n) is 17.4. The van der Waals surface area contributed by atoms with Crippen molar-refractivity contribution in [3.05, 3.63) is 114 Å². The van der Waals surface area contributed by atoms with Crippen molar-refractivity contribution >= 4 is 85.2 Å². The van der Waals surface area contributed by atoms with E-state index in [0.29, 0.717) is 66.3 Å². The Labute approximate surface area is 308 Å². The number of anilines is 2. The Morgan fingerprint density at radius 2 is 1.64 bits per heavy atom. The quantitative estimate of drug-likeness (QED) is 0.0458. The summed E-state index contributed by atoms with van der Waals surface area (Å²) in [6.07, 6.45) is 4.40. The second kappa shape index (κ2) is 14.1. The summed E-state index contributed by atoms with van der Waals surface area (Å²) in [5.74, 6) is -1.05. The van der Waals surface area contributed by atoms with E-state index in [1.165, 1.54) is 17.1 Å². The Hall–Kier alpha value is -6.20. The molecule has 2 aliphatic heterocycles. The number of nitrogens with zero attached hydrogens (tertiary/aromatic N) is 2. The second-order valence-electron chi connectivity index (χ2n) is 13.2. The number of ether oxygens (including phenoxy) is 1. The van der Waals surface area contributed by atoms with Gasteiger partial charge in [-0.05, 0) is 60.2 Å². The predicted octanol–water partition coefficient (Wildman–Crippen LogP) is 7.69. The molecule has 6 aromatic rings. The van der Waals surface area contributed by atoms with Crippen molar-refractivity contribution in [3.63, 3.8) is 0 Å². The van der Waals surface area contributed by atoms with Crippen LogP contribution in [0.15, 0.2) is 101 Å². The Morgan fingerprint density at radius 3 is 2.43 bits per heavy atom. The van der Waals surface area contributed by atoms with E-state index in [4.69, 9.17) is 20.8 Å². The van der Waals surface area contributed by atoms with Gasteiger partial charge in [0.2, 0.25) is 0 Å². The fourth-order valence-corrected chi connectivity index (χ4v) is 7.37. The molecular formula is C41H33ClN4O7. The lowest BCUT2D eigenvalue weighted by atomic mass is 9.95. The number of rotatable bonds is 11. The maximum absolute atomic E-state index is 14.2. The number of carbonyl (C=O) groups is 5. The van der Waals surface area contributed by atoms with Crippen LogP contribution in [0.1, 0.15) is 58.2 Å². The van der Waals surface area contributed by atoms with Gasteiger partial charge >= 0.3 is 5.97 Å². The number of hydrogen-bond donors (Lipinski definition) is 2. The Kier molecular flexibility index (Phi) is 9.01. The number of amides is 4. The second-order valence-corrected chi connectivity index (χ2v) is 13.5. The van der Waals surface area contributed by atoms with E-state index < -0.39 is 5.97 Å². The lowest BCUT2D eigenvalue weighted by Crippen LogP contribution is -2.30. The number of unbranched alkanes of at least 4 members (excludes halogenated alkanes) is 2. The van der Waals surface area contributed by atoms with Crippen LogP contribution >= 0.6 is 11.6 Å². The van der Waals surface area contributed by atoms with Gasteiger partial charge in [-0.15, -0.1) is 11.6 Å². The number of carbonyl (C=O) groups excluding carboxylic acids is 5. The van der Waals surface area contributed by atoms with Gasteiger partial charge in [-0.2, -0.15) is 0 Å². The van der Waals surface area contributed by atoms with Crippen LogP contribution in [0.4, 0.5) is 11.4 Å². The molecule has 8 rings (SSSR count). The first-order valence-corrected chi connectivity index (χ1v) is 17.9. The molecule has 1 atom stereocenters. The largest absolute Gasteiger partial charge is 0.451 e. The number of esters is 1. The van der Waals surface area contributed by atoms with Crippen LogP contribution in [0.25, 0.3) is 32.6 Å². The van der Waals surface area contributed by atoms with Crippen LogP contribution in [-0.4, -0.2) is 58.5 Å². The molecule has 0 aliphatic carbocycles. The first-order chi connectivity index (χ1) is 25.8. The molecule has 266 valence electrons. The van der Waals surface area contributed by atoms with E-state index in [1.807, 2.05) is 42.5 Å². The number of benzene rings is 4. The topological polar surface area (TPSA) is 142 Å². The smallest absolute Gasteiger partial charge is 0.311 e. The average Bonchev–Trinajstić information content (AvgIpc) is 3.95. The Morgan fingerprint density at radius 1 is 0.868 bits per heavy atom. The fraction of sp³-hybridized carbons (Fsp3) is 0.195. The van der Waals surface area contributed by atoms with Crippen molar-refractivity contribution in [2.75, 3.05) is 29.2 Å². The number of aromatic amines is 1. The van der Waals surface area contributed by atoms with Gasteiger partial charge in [0.25, 0.3) is 23.6 Å². The molecule has 2 N–H and O–H groups in total. The molecular weight excluding hydrogens is 696 g/mol. The molecule has 0 unspecified atom stereocenters. The molecule has 0 radical (unpaired) electrons. The van der Waals surface area contributed by atoms with Gasteiger partial charge < -0.3 is 24.4 Å². The summed E-state index contributed by atoms with van der Waals surface area (Å²) in [4.78, 5) is 69.9. The van der Waals surface area contributed by atoms with E-state index in [-0.39, 0.29) is 47.6 Å². The number of imide groups is 1. The van der Waals surface area contributed by atoms with Crippen molar-refractivity contribution in [1.82, 2.24) is 9.88 Å². The highest BCUT2D eigenvalue weighted by Crippen LogP contribution is 2.46. The number of halogens is 1. The summed E-state index contributed by atoms with van der Waals surface area (Å²) in [5, 5.41) is 6.03. The first kappa shape index (κ1) is 33.9. The molecule has 11 nitrogen and oxygen atoms in total. The van der Waals surface area contributed by atoms with Gasteiger partial charge in [-0.1, -0.05) is 48.9 Å². The molecule has 2 aromatic heterocycles. The maximum atomic E-state index is 14.2. The number of furan rings is 1. The molecule has 4 heterocycles. The summed E-state index contributed by atoms with van der Waals surface area (Å²) in [7, 11) is 0. The number of alkyl halides is 1. The van der Waals surface area contributed by atoms with Gasteiger partial charge in [0.1, 0.15) is 17.0 Å². The minimum absolute atomic E-state index is 0.147. The Bertz CT molecular complexity index is 2450. The highest BCUT2D eigenvalue weighted by Gasteiger charge is 2.36. The summed E-state index contributed by atoms with van der Waals surface area (Å²) < 4.78 is 11.6.